The van der Waals surface area contributed by atoms with Gasteiger partial charge in [0.2, 0.25) is 5.75 Å². The quantitative estimate of drug-likeness (QED) is 0.312. The molecule has 3 aromatic rings. The van der Waals surface area contributed by atoms with E-state index >= 15 is 0 Å². The number of anilines is 1. The number of H-pyrrole nitrogens is 1. The predicted octanol–water partition coefficient (Wildman–Crippen LogP) is 5.29. The number of Topliss-reactive ketones (excluding diaryl/α,β-unsaturated/α-hetero) is 1. The smallest absolute Gasteiger partial charge is 0.257 e. The first-order valence-corrected chi connectivity index (χ1v) is 13.4. The monoisotopic (exact) mass is 533 g/mol. The number of aromatic amines is 1. The van der Waals surface area contributed by atoms with Gasteiger partial charge in [-0.3, -0.25) is 9.59 Å². The number of benzene rings is 2. The Bertz CT molecular complexity index is 1450. The minimum Gasteiger partial charge on any atom is -0.493 e. The fourth-order valence-corrected chi connectivity index (χ4v) is 6.11. The maximum Gasteiger partial charge on any atom is 0.257 e. The molecule has 0 unspecified atom stereocenters. The molecule has 198 valence electrons. The SMILES string of the molecule is COc1cc([C@@H]2C3=C(CC(C)(C)CC3=O)Nc3nc(SCc4ccccc4)[nH]c(=O)c32)cc(OC)c1OC. The van der Waals surface area contributed by atoms with E-state index in [4.69, 9.17) is 19.2 Å². The topological polar surface area (TPSA) is 103 Å². The van der Waals surface area contributed by atoms with Gasteiger partial charge >= 0.3 is 0 Å². The number of fused-ring (bicyclic) bond motifs is 1. The van der Waals surface area contributed by atoms with Crippen molar-refractivity contribution in [1.82, 2.24) is 9.97 Å². The number of hydrogen-bond acceptors (Lipinski definition) is 8. The van der Waals surface area contributed by atoms with E-state index in [1.807, 2.05) is 30.3 Å². The Morgan fingerprint density at radius 2 is 1.68 bits per heavy atom. The highest BCUT2D eigenvalue weighted by atomic mass is 32.2. The molecule has 1 aliphatic heterocycles. The molecule has 0 bridgehead atoms. The molecule has 1 atom stereocenters. The van der Waals surface area contributed by atoms with Gasteiger partial charge in [-0.25, -0.2) is 4.98 Å². The summed E-state index contributed by atoms with van der Waals surface area (Å²) in [7, 11) is 4.62. The Kier molecular flexibility index (Phi) is 6.96. The number of hydrogen-bond donors (Lipinski definition) is 2. The van der Waals surface area contributed by atoms with Crippen molar-refractivity contribution in [3.63, 3.8) is 0 Å². The van der Waals surface area contributed by atoms with E-state index in [-0.39, 0.29) is 16.8 Å². The zero-order valence-electron chi connectivity index (χ0n) is 22.1. The average molecular weight is 534 g/mol. The number of aromatic nitrogens is 2. The molecule has 5 rings (SSSR count). The van der Waals surface area contributed by atoms with E-state index in [1.54, 1.807) is 26.4 Å². The minimum atomic E-state index is -0.636. The highest BCUT2D eigenvalue weighted by Gasteiger charge is 2.43. The Hall–Kier alpha value is -3.72. The van der Waals surface area contributed by atoms with E-state index in [2.05, 4.69) is 24.1 Å². The molecule has 2 aliphatic rings. The summed E-state index contributed by atoms with van der Waals surface area (Å²) < 4.78 is 16.7. The Balaban J connectivity index is 1.66. The van der Waals surface area contributed by atoms with Crippen LogP contribution in [0.1, 0.15) is 49.3 Å². The van der Waals surface area contributed by atoms with Crippen LogP contribution in [0.4, 0.5) is 5.82 Å². The fourth-order valence-electron chi connectivity index (χ4n) is 5.29. The summed E-state index contributed by atoms with van der Waals surface area (Å²) in [5, 5.41) is 3.88. The lowest BCUT2D eigenvalue weighted by Gasteiger charge is -2.38. The van der Waals surface area contributed by atoms with Gasteiger partial charge in [-0.05, 0) is 35.1 Å². The molecule has 1 aliphatic carbocycles. The summed E-state index contributed by atoms with van der Waals surface area (Å²) in [5.74, 6) is 1.85. The molecule has 0 radical (unpaired) electrons. The predicted molar refractivity (Wildman–Crippen MR) is 147 cm³/mol. The van der Waals surface area contributed by atoms with Gasteiger partial charge in [0, 0.05) is 29.4 Å². The second kappa shape index (κ2) is 10.2. The van der Waals surface area contributed by atoms with Crippen LogP contribution in [-0.4, -0.2) is 37.1 Å². The lowest BCUT2D eigenvalue weighted by molar-refractivity contribution is -0.118. The first-order chi connectivity index (χ1) is 18.2. The third kappa shape index (κ3) is 4.78. The molecule has 8 nitrogen and oxygen atoms in total. The molecular formula is C29H31N3O5S. The summed E-state index contributed by atoms with van der Waals surface area (Å²) in [5.41, 5.74) is 3.10. The van der Waals surface area contributed by atoms with Crippen molar-refractivity contribution < 1.29 is 19.0 Å². The van der Waals surface area contributed by atoms with Crippen LogP contribution in [0.2, 0.25) is 0 Å². The highest BCUT2D eigenvalue weighted by Crippen LogP contribution is 2.50. The molecule has 0 amide bonds. The van der Waals surface area contributed by atoms with E-state index in [0.717, 1.165) is 11.3 Å². The van der Waals surface area contributed by atoms with Gasteiger partial charge in [-0.15, -0.1) is 0 Å². The van der Waals surface area contributed by atoms with E-state index in [0.29, 0.717) is 63.5 Å². The summed E-state index contributed by atoms with van der Waals surface area (Å²) in [4.78, 5) is 35.0. The highest BCUT2D eigenvalue weighted by molar-refractivity contribution is 7.98. The van der Waals surface area contributed by atoms with Crippen LogP contribution in [0.15, 0.2) is 63.7 Å². The number of nitrogens with one attached hydrogen (secondary N) is 2. The molecule has 38 heavy (non-hydrogen) atoms. The lowest BCUT2D eigenvalue weighted by Crippen LogP contribution is -2.37. The zero-order valence-corrected chi connectivity index (χ0v) is 23.0. The van der Waals surface area contributed by atoms with Crippen LogP contribution < -0.4 is 25.1 Å². The Labute approximate surface area is 225 Å². The van der Waals surface area contributed by atoms with E-state index in [9.17, 15) is 9.59 Å². The summed E-state index contributed by atoms with van der Waals surface area (Å²) in [6.07, 6.45) is 1.05. The molecule has 0 spiro atoms. The first-order valence-electron chi connectivity index (χ1n) is 12.4. The molecule has 0 saturated carbocycles. The lowest BCUT2D eigenvalue weighted by atomic mass is 9.69. The first kappa shape index (κ1) is 25.9. The average Bonchev–Trinajstić information content (AvgIpc) is 2.89. The normalized spacial score (nSPS) is 17.8. The molecule has 2 N–H and O–H groups in total. The molecule has 9 heteroatoms. The molecule has 2 aromatic carbocycles. The third-order valence-corrected chi connectivity index (χ3v) is 7.88. The minimum absolute atomic E-state index is 0.00933. The number of ether oxygens (including phenoxy) is 3. The number of thioether (sulfide) groups is 1. The van der Waals surface area contributed by atoms with Crippen LogP contribution in [0, 0.1) is 5.41 Å². The van der Waals surface area contributed by atoms with Gasteiger partial charge in [0.05, 0.1) is 26.9 Å². The number of rotatable bonds is 7. The number of allylic oxidation sites excluding steroid dienone is 2. The van der Waals surface area contributed by atoms with Gasteiger partial charge in [0.15, 0.2) is 22.4 Å². The number of methoxy groups -OCH3 is 3. The molecule has 0 fully saturated rings. The zero-order chi connectivity index (χ0) is 27.0. The van der Waals surface area contributed by atoms with Crippen molar-refractivity contribution >= 4 is 23.4 Å². The summed E-state index contributed by atoms with van der Waals surface area (Å²) >= 11 is 1.46. The van der Waals surface area contributed by atoms with Crippen LogP contribution >= 0.6 is 11.8 Å². The second-order valence-electron chi connectivity index (χ2n) is 10.3. The van der Waals surface area contributed by atoms with Crippen molar-refractivity contribution in [1.29, 1.82) is 0 Å². The van der Waals surface area contributed by atoms with Crippen LogP contribution in [0.25, 0.3) is 0 Å². The third-order valence-electron chi connectivity index (χ3n) is 6.94. The van der Waals surface area contributed by atoms with Crippen LogP contribution in [0.5, 0.6) is 17.2 Å². The van der Waals surface area contributed by atoms with Gasteiger partial charge in [-0.1, -0.05) is 55.9 Å². The largest absolute Gasteiger partial charge is 0.493 e. The number of carbonyl (C=O) groups is 1. The van der Waals surface area contributed by atoms with Crippen LogP contribution in [-0.2, 0) is 10.5 Å². The van der Waals surface area contributed by atoms with E-state index in [1.165, 1.54) is 18.9 Å². The van der Waals surface area contributed by atoms with Gasteiger partial charge in [0.25, 0.3) is 5.56 Å². The second-order valence-corrected chi connectivity index (χ2v) is 11.2. The Morgan fingerprint density at radius 1 is 1.00 bits per heavy atom. The fraction of sp³-hybridized carbons (Fsp3) is 0.345. The van der Waals surface area contributed by atoms with Crippen molar-refractivity contribution in [2.75, 3.05) is 26.6 Å². The maximum atomic E-state index is 13.7. The Morgan fingerprint density at radius 3 is 2.32 bits per heavy atom. The van der Waals surface area contributed by atoms with Gasteiger partial charge in [0.1, 0.15) is 5.82 Å². The molecule has 1 aromatic heterocycles. The molecule has 0 saturated heterocycles. The van der Waals surface area contributed by atoms with E-state index < -0.39 is 5.92 Å². The number of ketones is 1. The van der Waals surface area contributed by atoms with Crippen molar-refractivity contribution in [2.24, 2.45) is 5.41 Å². The molecular weight excluding hydrogens is 502 g/mol. The summed E-state index contributed by atoms with van der Waals surface area (Å²) in [6.45, 7) is 4.15. The number of nitrogens with zero attached hydrogens (tertiary/aromatic N) is 1. The standard InChI is InChI=1S/C29H31N3O5S/c1-29(2)13-18-23(19(33)14-29)22(17-11-20(35-3)25(37-5)21(12-17)36-4)24-26(30-18)31-28(32-27(24)34)38-15-16-9-7-6-8-10-16/h6-12,22H,13-15H2,1-5H3,(H2,30,31,32,34)/t22-/m1/s1. The van der Waals surface area contributed by atoms with Gasteiger partial charge in [-0.2, -0.15) is 0 Å². The maximum absolute atomic E-state index is 13.7. The van der Waals surface area contributed by atoms with Crippen molar-refractivity contribution in [3.8, 4) is 17.2 Å². The summed E-state index contributed by atoms with van der Waals surface area (Å²) in [6, 6.07) is 13.6. The van der Waals surface area contributed by atoms with Gasteiger partial charge < -0.3 is 24.5 Å². The number of carbonyl (C=O) groups excluding carboxylic acids is 1. The van der Waals surface area contributed by atoms with Crippen molar-refractivity contribution in [2.45, 2.75) is 43.5 Å². The molecule has 2 heterocycles. The van der Waals surface area contributed by atoms with Crippen molar-refractivity contribution in [3.05, 3.63) is 80.8 Å². The van der Waals surface area contributed by atoms with Crippen LogP contribution in [0.3, 0.4) is 0 Å².